The molecule has 6 rings (SSSR count). The van der Waals surface area contributed by atoms with Crippen LogP contribution in [0.5, 0.6) is 5.88 Å². The molecule has 10 nitrogen and oxygen atoms in total. The number of methoxy groups -OCH3 is 1. The van der Waals surface area contributed by atoms with Crippen LogP contribution in [-0.2, 0) is 13.0 Å². The first-order valence-corrected chi connectivity index (χ1v) is 10.9. The SMILES string of the molecule is COc1ccnc(Nc2nc3c(s2)CCN(Cc2coc(C4CC4)n2)c2[nH]ncc2-3)n1. The monoisotopic (exact) mass is 436 g/mol. The summed E-state index contributed by atoms with van der Waals surface area (Å²) in [5.74, 6) is 3.28. The molecule has 0 radical (unpaired) electrons. The maximum absolute atomic E-state index is 5.66. The first-order chi connectivity index (χ1) is 15.3. The molecular formula is C20H20N8O2S. The van der Waals surface area contributed by atoms with Crippen LogP contribution in [0.2, 0.25) is 0 Å². The summed E-state index contributed by atoms with van der Waals surface area (Å²) in [6, 6.07) is 1.71. The van der Waals surface area contributed by atoms with Gasteiger partial charge in [-0.2, -0.15) is 10.1 Å². The van der Waals surface area contributed by atoms with Crippen molar-refractivity contribution in [2.24, 2.45) is 0 Å². The number of hydrogen-bond acceptors (Lipinski definition) is 10. The van der Waals surface area contributed by atoms with Crippen LogP contribution in [-0.4, -0.2) is 43.8 Å². The van der Waals surface area contributed by atoms with E-state index < -0.39 is 0 Å². The summed E-state index contributed by atoms with van der Waals surface area (Å²) in [6.45, 7) is 1.49. The third kappa shape index (κ3) is 3.50. The molecule has 11 heteroatoms. The largest absolute Gasteiger partial charge is 0.481 e. The van der Waals surface area contributed by atoms with Crippen molar-refractivity contribution < 1.29 is 9.15 Å². The number of oxazole rings is 1. The molecule has 1 fully saturated rings. The number of thiazole rings is 1. The van der Waals surface area contributed by atoms with E-state index in [9.17, 15) is 0 Å². The van der Waals surface area contributed by atoms with E-state index in [1.165, 1.54) is 17.7 Å². The first-order valence-electron chi connectivity index (χ1n) is 10.1. The van der Waals surface area contributed by atoms with Gasteiger partial charge < -0.3 is 14.1 Å². The van der Waals surface area contributed by atoms with Crippen molar-refractivity contribution in [1.82, 2.24) is 30.1 Å². The Labute approximate surface area is 181 Å². The summed E-state index contributed by atoms with van der Waals surface area (Å²) < 4.78 is 10.8. The summed E-state index contributed by atoms with van der Waals surface area (Å²) in [5.41, 5.74) is 2.85. The highest BCUT2D eigenvalue weighted by Gasteiger charge is 2.30. The third-order valence-corrected chi connectivity index (χ3v) is 6.43. The molecule has 0 amide bonds. The maximum Gasteiger partial charge on any atom is 0.232 e. The van der Waals surface area contributed by atoms with Crippen molar-refractivity contribution in [3.05, 3.63) is 41.2 Å². The van der Waals surface area contributed by atoms with Gasteiger partial charge in [0.25, 0.3) is 0 Å². The highest BCUT2D eigenvalue weighted by atomic mass is 32.1. The lowest BCUT2D eigenvalue weighted by molar-refractivity contribution is 0.397. The summed E-state index contributed by atoms with van der Waals surface area (Å²) in [6.07, 6.45) is 8.48. The van der Waals surface area contributed by atoms with Crippen molar-refractivity contribution in [2.45, 2.75) is 31.7 Å². The van der Waals surface area contributed by atoms with Gasteiger partial charge in [-0.15, -0.1) is 11.3 Å². The average molecular weight is 437 g/mol. The lowest BCUT2D eigenvalue weighted by atomic mass is 10.2. The lowest BCUT2D eigenvalue weighted by Gasteiger charge is -2.20. The number of aromatic nitrogens is 6. The van der Waals surface area contributed by atoms with Crippen LogP contribution in [0.25, 0.3) is 11.3 Å². The van der Waals surface area contributed by atoms with Gasteiger partial charge in [0.05, 0.1) is 36.8 Å². The van der Waals surface area contributed by atoms with Crippen molar-refractivity contribution >= 4 is 28.2 Å². The van der Waals surface area contributed by atoms with Crippen LogP contribution in [0.4, 0.5) is 16.9 Å². The second-order valence-corrected chi connectivity index (χ2v) is 8.68. The molecular weight excluding hydrogens is 416 g/mol. The minimum atomic E-state index is 0.454. The molecule has 4 aromatic rings. The number of hydrogen-bond donors (Lipinski definition) is 2. The molecule has 0 unspecified atom stereocenters. The van der Waals surface area contributed by atoms with Gasteiger partial charge in [-0.3, -0.25) is 10.4 Å². The Hall–Kier alpha value is -3.47. The number of H-pyrrole nitrogens is 1. The topological polar surface area (TPSA) is 118 Å². The van der Waals surface area contributed by atoms with Crippen LogP contribution in [0.1, 0.15) is 35.2 Å². The number of rotatable bonds is 6. The average Bonchev–Trinajstić information content (AvgIpc) is 3.20. The standard InChI is InChI=1S/C20H20N8O2S/c1-29-15-4-6-21-19(24-15)26-20-25-16-13-8-22-27-17(13)28(7-5-14(16)31-20)9-12-10-30-18(23-12)11-2-3-11/h4,6,8,10-11H,2-3,5,7,9H2,1H3,(H,22,27)(H,21,24,25,26). The van der Waals surface area contributed by atoms with Crippen molar-refractivity contribution in [3.8, 4) is 17.1 Å². The summed E-state index contributed by atoms with van der Waals surface area (Å²) in [4.78, 5) is 21.5. The van der Waals surface area contributed by atoms with Gasteiger partial charge in [0.15, 0.2) is 11.0 Å². The fraction of sp³-hybridized carbons (Fsp3) is 0.350. The van der Waals surface area contributed by atoms with E-state index in [1.54, 1.807) is 37.0 Å². The molecule has 0 saturated heterocycles. The van der Waals surface area contributed by atoms with E-state index in [1.807, 2.05) is 6.20 Å². The van der Waals surface area contributed by atoms with Gasteiger partial charge in [-0.25, -0.2) is 15.0 Å². The summed E-state index contributed by atoms with van der Waals surface area (Å²) >= 11 is 1.60. The molecule has 31 heavy (non-hydrogen) atoms. The Morgan fingerprint density at radius 3 is 3.13 bits per heavy atom. The minimum absolute atomic E-state index is 0.454. The Morgan fingerprint density at radius 1 is 1.32 bits per heavy atom. The number of fused-ring (bicyclic) bond motifs is 3. The van der Waals surface area contributed by atoms with Gasteiger partial charge in [0, 0.05) is 36.0 Å². The Kier molecular flexibility index (Phi) is 4.34. The molecule has 0 spiro atoms. The quantitative estimate of drug-likeness (QED) is 0.468. The van der Waals surface area contributed by atoms with Crippen molar-refractivity contribution in [1.29, 1.82) is 0 Å². The Balaban J connectivity index is 1.25. The van der Waals surface area contributed by atoms with Crippen molar-refractivity contribution in [2.75, 3.05) is 23.9 Å². The number of aromatic amines is 1. The van der Waals surface area contributed by atoms with E-state index >= 15 is 0 Å². The number of nitrogens with zero attached hydrogens (tertiary/aromatic N) is 6. The van der Waals surface area contributed by atoms with Gasteiger partial charge in [0.1, 0.15) is 12.1 Å². The highest BCUT2D eigenvalue weighted by Crippen LogP contribution is 2.41. The van der Waals surface area contributed by atoms with Gasteiger partial charge in [-0.05, 0) is 12.8 Å². The molecule has 1 aliphatic carbocycles. The van der Waals surface area contributed by atoms with E-state index in [0.29, 0.717) is 24.3 Å². The fourth-order valence-corrected chi connectivity index (χ4v) is 4.66. The number of anilines is 3. The molecule has 2 aliphatic rings. The van der Waals surface area contributed by atoms with E-state index in [4.69, 9.17) is 14.1 Å². The van der Waals surface area contributed by atoms with E-state index in [0.717, 1.165) is 46.8 Å². The molecule has 5 heterocycles. The van der Waals surface area contributed by atoms with Crippen LogP contribution in [0.3, 0.4) is 0 Å². The molecule has 158 valence electrons. The van der Waals surface area contributed by atoms with Crippen LogP contribution < -0.4 is 15.0 Å². The highest BCUT2D eigenvalue weighted by molar-refractivity contribution is 7.16. The molecule has 1 aliphatic heterocycles. The molecule has 4 aromatic heterocycles. The normalized spacial score (nSPS) is 15.3. The Bertz CT molecular complexity index is 1230. The zero-order valence-corrected chi connectivity index (χ0v) is 17.6. The summed E-state index contributed by atoms with van der Waals surface area (Å²) in [5, 5.41) is 11.4. The van der Waals surface area contributed by atoms with Gasteiger partial charge in [-0.1, -0.05) is 0 Å². The molecule has 1 saturated carbocycles. The maximum atomic E-state index is 5.66. The predicted octanol–water partition coefficient (Wildman–Crippen LogP) is 3.50. The molecule has 0 aromatic carbocycles. The smallest absolute Gasteiger partial charge is 0.232 e. The fourth-order valence-electron chi connectivity index (χ4n) is 3.71. The van der Waals surface area contributed by atoms with Gasteiger partial charge in [0.2, 0.25) is 11.8 Å². The second kappa shape index (κ2) is 7.34. The van der Waals surface area contributed by atoms with Crippen LogP contribution in [0.15, 0.2) is 29.1 Å². The molecule has 0 atom stereocenters. The summed E-state index contributed by atoms with van der Waals surface area (Å²) in [7, 11) is 1.58. The predicted molar refractivity (Wildman–Crippen MR) is 115 cm³/mol. The van der Waals surface area contributed by atoms with Crippen LogP contribution in [0, 0.1) is 0 Å². The van der Waals surface area contributed by atoms with Crippen LogP contribution >= 0.6 is 11.3 Å². The third-order valence-electron chi connectivity index (χ3n) is 5.40. The lowest BCUT2D eigenvalue weighted by Crippen LogP contribution is -2.25. The number of ether oxygens (including phenoxy) is 1. The molecule has 2 N–H and O–H groups in total. The van der Waals surface area contributed by atoms with Crippen molar-refractivity contribution in [3.63, 3.8) is 0 Å². The zero-order chi connectivity index (χ0) is 20.8. The number of nitrogens with one attached hydrogen (secondary N) is 2. The van der Waals surface area contributed by atoms with E-state index in [-0.39, 0.29) is 0 Å². The first kappa shape index (κ1) is 18.3. The minimum Gasteiger partial charge on any atom is -0.481 e. The molecule has 0 bridgehead atoms. The zero-order valence-electron chi connectivity index (χ0n) is 16.8. The van der Waals surface area contributed by atoms with Gasteiger partial charge >= 0.3 is 0 Å². The second-order valence-electron chi connectivity index (χ2n) is 7.59. The Morgan fingerprint density at radius 2 is 2.26 bits per heavy atom. The van der Waals surface area contributed by atoms with E-state index in [2.05, 4.69) is 35.4 Å².